The number of nitro benzene ring substituents is 1. The predicted octanol–water partition coefficient (Wildman–Crippen LogP) is 11.2. The maximum atomic E-state index is 14.0. The molecule has 356 valence electrons. The zero-order valence-corrected chi connectivity index (χ0v) is 40.5. The minimum absolute atomic E-state index is 0.0407. The Kier molecular flexibility index (Phi) is 14.7. The molecule has 0 saturated carbocycles. The zero-order valence-electron chi connectivity index (χ0n) is 38.9. The van der Waals surface area contributed by atoms with Gasteiger partial charge in [-0.25, -0.2) is 18.1 Å². The maximum absolute atomic E-state index is 14.0. The maximum Gasteiger partial charge on any atom is 0.293 e. The summed E-state index contributed by atoms with van der Waals surface area (Å²) in [6, 6.07) is 27.8. The summed E-state index contributed by atoms with van der Waals surface area (Å²) in [6.07, 6.45) is 10.4. The van der Waals surface area contributed by atoms with E-state index in [1.165, 1.54) is 35.0 Å². The third-order valence-electron chi connectivity index (χ3n) is 12.8. The first-order valence-electron chi connectivity index (χ1n) is 23.0. The van der Waals surface area contributed by atoms with E-state index in [1.807, 2.05) is 56.6 Å². The number of benzene rings is 4. The van der Waals surface area contributed by atoms with Crippen molar-refractivity contribution in [3.63, 3.8) is 0 Å². The molecule has 0 unspecified atom stereocenters. The van der Waals surface area contributed by atoms with Gasteiger partial charge in [0.15, 0.2) is 0 Å². The van der Waals surface area contributed by atoms with Gasteiger partial charge in [0, 0.05) is 60.6 Å². The van der Waals surface area contributed by atoms with Gasteiger partial charge in [-0.3, -0.25) is 14.9 Å². The average molecular weight is 961 g/mol. The number of aromatic amines is 1. The van der Waals surface area contributed by atoms with Gasteiger partial charge in [-0.1, -0.05) is 55.3 Å². The largest absolute Gasteiger partial charge is 0.494 e. The van der Waals surface area contributed by atoms with Gasteiger partial charge >= 0.3 is 0 Å². The Morgan fingerprint density at radius 1 is 0.985 bits per heavy atom. The standard InChI is InChI=1S/C52H58ClN7O7S/c1-52(2)22-18-38(46(32-52)37-8-10-40(53)11-9-37)28-35-20-25-59(26-21-35)41-12-16-45(49(30-41)67-43-29-39-19-23-54-50(39)56-34-43)51(61)57-68(64,65)44-15-17-47(48(31-44)60(62)63)55-33-36-6-13-42(14-7-36)66-27-5-24-58(3)4/h6-17,19,23,29-31,34-35,55H,5,18,20-22,24-28,32-33H2,1-4H3,(H,54,56)(H,57,61). The number of nitrogens with zero attached hydrogens (tertiary/aromatic N) is 4. The molecule has 2 aromatic heterocycles. The molecule has 3 heterocycles. The molecule has 0 bridgehead atoms. The summed E-state index contributed by atoms with van der Waals surface area (Å²) in [7, 11) is -0.584. The van der Waals surface area contributed by atoms with Crippen LogP contribution in [0.4, 0.5) is 17.1 Å². The van der Waals surface area contributed by atoms with Crippen LogP contribution in [0.25, 0.3) is 16.6 Å². The van der Waals surface area contributed by atoms with Gasteiger partial charge in [-0.15, -0.1) is 0 Å². The number of aromatic nitrogens is 2. The summed E-state index contributed by atoms with van der Waals surface area (Å²) in [5, 5.41) is 16.8. The number of hydrogen-bond donors (Lipinski definition) is 3. The molecule has 1 aliphatic carbocycles. The Morgan fingerprint density at radius 2 is 1.75 bits per heavy atom. The highest BCUT2D eigenvalue weighted by Crippen LogP contribution is 2.46. The smallest absolute Gasteiger partial charge is 0.293 e. The second-order valence-corrected chi connectivity index (χ2v) is 20.9. The van der Waals surface area contributed by atoms with Gasteiger partial charge in [-0.2, -0.15) is 0 Å². The molecule has 2 aliphatic rings. The molecular formula is C52H58ClN7O7S. The normalized spacial score (nSPS) is 15.4. The summed E-state index contributed by atoms with van der Waals surface area (Å²) >= 11 is 6.26. The Labute approximate surface area is 402 Å². The molecule has 0 atom stereocenters. The number of hydrogen-bond acceptors (Lipinski definition) is 11. The minimum atomic E-state index is -4.60. The van der Waals surface area contributed by atoms with Crippen molar-refractivity contribution in [2.45, 2.75) is 70.2 Å². The van der Waals surface area contributed by atoms with Crippen LogP contribution in [0.5, 0.6) is 17.2 Å². The van der Waals surface area contributed by atoms with E-state index in [4.69, 9.17) is 21.1 Å². The second-order valence-electron chi connectivity index (χ2n) is 18.8. The van der Waals surface area contributed by atoms with Gasteiger partial charge in [0.2, 0.25) is 0 Å². The third kappa shape index (κ3) is 12.0. The van der Waals surface area contributed by atoms with E-state index in [0.717, 1.165) is 92.3 Å². The molecule has 3 N–H and O–H groups in total. The lowest BCUT2D eigenvalue weighted by Crippen LogP contribution is -2.34. The van der Waals surface area contributed by atoms with Crippen LogP contribution >= 0.6 is 11.6 Å². The van der Waals surface area contributed by atoms with E-state index in [2.05, 4.69) is 55.8 Å². The van der Waals surface area contributed by atoms with Gasteiger partial charge in [0.25, 0.3) is 21.6 Å². The average Bonchev–Trinajstić information content (AvgIpc) is 3.79. The Morgan fingerprint density at radius 3 is 2.49 bits per heavy atom. The van der Waals surface area contributed by atoms with E-state index < -0.39 is 31.4 Å². The summed E-state index contributed by atoms with van der Waals surface area (Å²) in [5.74, 6) is 0.746. The molecule has 16 heteroatoms. The Hall–Kier alpha value is -6.42. The molecule has 0 radical (unpaired) electrons. The highest BCUT2D eigenvalue weighted by atomic mass is 35.5. The Bertz CT molecular complexity index is 2910. The molecule has 8 rings (SSSR count). The number of piperidine rings is 1. The number of rotatable bonds is 18. The number of H-pyrrole nitrogens is 1. The number of amides is 1. The van der Waals surface area contributed by atoms with Crippen molar-refractivity contribution in [2.24, 2.45) is 11.3 Å². The second kappa shape index (κ2) is 20.8. The summed E-state index contributed by atoms with van der Waals surface area (Å²) in [6.45, 7) is 7.99. The number of pyridine rings is 1. The highest BCUT2D eigenvalue weighted by Gasteiger charge is 2.31. The quantitative estimate of drug-likeness (QED) is 0.0425. The van der Waals surface area contributed by atoms with Crippen molar-refractivity contribution in [3.05, 3.63) is 147 Å². The fourth-order valence-electron chi connectivity index (χ4n) is 9.03. The first-order chi connectivity index (χ1) is 32.6. The number of carbonyl (C=O) groups is 1. The van der Waals surface area contributed by atoms with Crippen LogP contribution in [0.3, 0.4) is 0 Å². The van der Waals surface area contributed by atoms with Crippen LogP contribution in [0.2, 0.25) is 5.02 Å². The number of halogens is 1. The molecule has 68 heavy (non-hydrogen) atoms. The summed E-state index contributed by atoms with van der Waals surface area (Å²) < 4.78 is 41.9. The van der Waals surface area contributed by atoms with Gasteiger partial charge in [0.05, 0.1) is 28.2 Å². The molecule has 1 amide bonds. The van der Waals surface area contributed by atoms with E-state index in [1.54, 1.807) is 30.5 Å². The predicted molar refractivity (Wildman–Crippen MR) is 268 cm³/mol. The Balaban J connectivity index is 0.967. The van der Waals surface area contributed by atoms with Gasteiger partial charge in [0.1, 0.15) is 28.6 Å². The zero-order chi connectivity index (χ0) is 48.0. The van der Waals surface area contributed by atoms with Crippen LogP contribution in [0.1, 0.15) is 80.3 Å². The van der Waals surface area contributed by atoms with E-state index in [0.29, 0.717) is 29.7 Å². The van der Waals surface area contributed by atoms with E-state index in [9.17, 15) is 23.3 Å². The van der Waals surface area contributed by atoms with Gasteiger partial charge in [-0.05, 0) is 148 Å². The molecule has 14 nitrogen and oxygen atoms in total. The van der Waals surface area contributed by atoms with Crippen LogP contribution in [0, 0.1) is 21.4 Å². The monoisotopic (exact) mass is 959 g/mol. The number of fused-ring (bicyclic) bond motifs is 1. The molecule has 4 aromatic carbocycles. The molecule has 1 saturated heterocycles. The molecule has 6 aromatic rings. The number of nitrogens with one attached hydrogen (secondary N) is 3. The van der Waals surface area contributed by atoms with Crippen LogP contribution in [0.15, 0.2) is 120 Å². The number of ether oxygens (including phenoxy) is 2. The van der Waals surface area contributed by atoms with Crippen molar-refractivity contribution >= 4 is 61.2 Å². The van der Waals surface area contributed by atoms with Crippen molar-refractivity contribution in [1.29, 1.82) is 0 Å². The molecule has 1 aliphatic heterocycles. The third-order valence-corrected chi connectivity index (χ3v) is 14.4. The van der Waals surface area contributed by atoms with Crippen LogP contribution < -0.4 is 24.4 Å². The molecule has 0 spiro atoms. The molecular weight excluding hydrogens is 902 g/mol. The fourth-order valence-corrected chi connectivity index (χ4v) is 10.1. The lowest BCUT2D eigenvalue weighted by molar-refractivity contribution is -0.384. The first-order valence-corrected chi connectivity index (χ1v) is 24.9. The van der Waals surface area contributed by atoms with Gasteiger partial charge < -0.3 is 29.6 Å². The van der Waals surface area contributed by atoms with Crippen molar-refractivity contribution in [2.75, 3.05) is 50.6 Å². The van der Waals surface area contributed by atoms with E-state index in [-0.39, 0.29) is 29.0 Å². The number of carbonyl (C=O) groups excluding carboxylic acids is 1. The van der Waals surface area contributed by atoms with Crippen molar-refractivity contribution in [1.82, 2.24) is 19.6 Å². The van der Waals surface area contributed by atoms with Crippen molar-refractivity contribution < 1.29 is 27.6 Å². The fraction of sp³-hybridized carbons (Fsp3) is 0.346. The van der Waals surface area contributed by atoms with Crippen LogP contribution in [-0.2, 0) is 16.6 Å². The molecule has 1 fully saturated rings. The lowest BCUT2D eigenvalue weighted by Gasteiger charge is -2.37. The number of allylic oxidation sites excluding steroid dienone is 2. The van der Waals surface area contributed by atoms with Crippen LogP contribution in [-0.4, -0.2) is 74.5 Å². The first kappa shape index (κ1) is 48.1. The number of anilines is 2. The number of sulfonamides is 1. The summed E-state index contributed by atoms with van der Waals surface area (Å²) in [5.41, 5.74) is 6.41. The van der Waals surface area contributed by atoms with E-state index >= 15 is 0 Å². The SMILES string of the molecule is CN(C)CCCOc1ccc(CNc2ccc(S(=O)(=O)NC(=O)c3ccc(N4CCC(CC5=C(c6ccc(Cl)cc6)CC(C)(C)CC5)CC4)cc3Oc3cnc4[nH]ccc4c3)cc2[N+](=O)[O-])cc1. The summed E-state index contributed by atoms with van der Waals surface area (Å²) in [4.78, 5) is 37.0. The lowest BCUT2D eigenvalue weighted by atomic mass is 9.70. The van der Waals surface area contributed by atoms with Crippen molar-refractivity contribution in [3.8, 4) is 17.2 Å². The number of nitro groups is 1. The minimum Gasteiger partial charge on any atom is -0.494 e. The highest BCUT2D eigenvalue weighted by molar-refractivity contribution is 7.90. The topological polar surface area (TPSA) is 172 Å².